The molecular weight excluding hydrogens is 347 g/mol. The Kier molecular flexibility index (Phi) is 5.31. The van der Waals surface area contributed by atoms with Crippen LogP contribution in [0, 0.1) is 5.82 Å². The van der Waals surface area contributed by atoms with Gasteiger partial charge in [-0.05, 0) is 48.7 Å². The van der Waals surface area contributed by atoms with Crippen molar-refractivity contribution >= 4 is 35.0 Å². The van der Waals surface area contributed by atoms with Gasteiger partial charge in [0.1, 0.15) is 5.82 Å². The number of nitrogens with zero attached hydrogens (tertiary/aromatic N) is 2. The summed E-state index contributed by atoms with van der Waals surface area (Å²) < 4.78 is 13.0. The summed E-state index contributed by atoms with van der Waals surface area (Å²) in [6.45, 7) is 2.68. The SMILES string of the molecule is CSc1ccc(Cl)c(C(=O)N2CCN(c3ccc(F)cc3)CC2)c1. The van der Waals surface area contributed by atoms with E-state index in [4.69, 9.17) is 11.6 Å². The molecule has 0 N–H and O–H groups in total. The number of carbonyl (C=O) groups excluding carboxylic acids is 1. The first-order valence-electron chi connectivity index (χ1n) is 7.72. The third kappa shape index (κ3) is 3.68. The average molecular weight is 365 g/mol. The number of benzene rings is 2. The highest BCUT2D eigenvalue weighted by molar-refractivity contribution is 7.98. The van der Waals surface area contributed by atoms with Crippen molar-refractivity contribution < 1.29 is 9.18 Å². The van der Waals surface area contributed by atoms with Gasteiger partial charge in [-0.1, -0.05) is 11.6 Å². The summed E-state index contributed by atoms with van der Waals surface area (Å²) in [6.07, 6.45) is 1.97. The van der Waals surface area contributed by atoms with Crippen molar-refractivity contribution in [3.8, 4) is 0 Å². The van der Waals surface area contributed by atoms with Crippen molar-refractivity contribution in [2.75, 3.05) is 37.3 Å². The Bertz CT molecular complexity index is 730. The highest BCUT2D eigenvalue weighted by atomic mass is 35.5. The topological polar surface area (TPSA) is 23.6 Å². The lowest BCUT2D eigenvalue weighted by Crippen LogP contribution is -2.48. The van der Waals surface area contributed by atoms with Gasteiger partial charge in [-0.15, -0.1) is 11.8 Å². The summed E-state index contributed by atoms with van der Waals surface area (Å²) in [5.41, 5.74) is 1.53. The second-order valence-electron chi connectivity index (χ2n) is 5.60. The van der Waals surface area contributed by atoms with Gasteiger partial charge in [0.2, 0.25) is 0 Å². The fourth-order valence-corrected chi connectivity index (χ4v) is 3.42. The van der Waals surface area contributed by atoms with E-state index in [2.05, 4.69) is 4.90 Å². The molecule has 0 aliphatic carbocycles. The lowest BCUT2D eigenvalue weighted by atomic mass is 10.1. The van der Waals surface area contributed by atoms with Gasteiger partial charge in [-0.3, -0.25) is 4.79 Å². The van der Waals surface area contributed by atoms with E-state index >= 15 is 0 Å². The molecule has 1 aliphatic heterocycles. The molecule has 1 aliphatic rings. The summed E-state index contributed by atoms with van der Waals surface area (Å²) in [4.78, 5) is 17.7. The number of carbonyl (C=O) groups is 1. The monoisotopic (exact) mass is 364 g/mol. The standard InChI is InChI=1S/C18H18ClFN2OS/c1-24-15-6-7-17(19)16(12-15)18(23)22-10-8-21(9-11-22)14-4-2-13(20)3-5-14/h2-7,12H,8-11H2,1H3. The number of hydrogen-bond acceptors (Lipinski definition) is 3. The summed E-state index contributed by atoms with van der Waals surface area (Å²) in [5.74, 6) is -0.273. The Morgan fingerprint density at radius 1 is 1.08 bits per heavy atom. The number of piperazine rings is 1. The normalized spacial score (nSPS) is 14.8. The first-order valence-corrected chi connectivity index (χ1v) is 9.32. The third-order valence-electron chi connectivity index (χ3n) is 4.16. The van der Waals surface area contributed by atoms with E-state index in [9.17, 15) is 9.18 Å². The fraction of sp³-hybridized carbons (Fsp3) is 0.278. The summed E-state index contributed by atoms with van der Waals surface area (Å²) in [5, 5.41) is 0.485. The lowest BCUT2D eigenvalue weighted by molar-refractivity contribution is 0.0746. The second kappa shape index (κ2) is 7.45. The van der Waals surface area contributed by atoms with Gasteiger partial charge < -0.3 is 9.80 Å². The van der Waals surface area contributed by atoms with Crippen LogP contribution in [0.5, 0.6) is 0 Å². The average Bonchev–Trinajstić information content (AvgIpc) is 2.62. The van der Waals surface area contributed by atoms with E-state index in [-0.39, 0.29) is 11.7 Å². The zero-order valence-corrected chi connectivity index (χ0v) is 14.9. The van der Waals surface area contributed by atoms with Gasteiger partial charge in [0.15, 0.2) is 0 Å². The van der Waals surface area contributed by atoms with Crippen LogP contribution in [0.15, 0.2) is 47.4 Å². The van der Waals surface area contributed by atoms with Crippen LogP contribution in [0.4, 0.5) is 10.1 Å². The quantitative estimate of drug-likeness (QED) is 0.764. The Morgan fingerprint density at radius 3 is 2.38 bits per heavy atom. The van der Waals surface area contributed by atoms with Crippen LogP contribution in [0.25, 0.3) is 0 Å². The smallest absolute Gasteiger partial charge is 0.255 e. The van der Waals surface area contributed by atoms with Gasteiger partial charge >= 0.3 is 0 Å². The highest BCUT2D eigenvalue weighted by Crippen LogP contribution is 2.25. The predicted molar refractivity (Wildman–Crippen MR) is 97.7 cm³/mol. The second-order valence-corrected chi connectivity index (χ2v) is 6.89. The Hall–Kier alpha value is -1.72. The first-order chi connectivity index (χ1) is 11.6. The molecule has 0 atom stereocenters. The molecule has 126 valence electrons. The number of anilines is 1. The van der Waals surface area contributed by atoms with E-state index in [1.165, 1.54) is 12.1 Å². The van der Waals surface area contributed by atoms with Crippen LogP contribution in [-0.4, -0.2) is 43.2 Å². The molecule has 24 heavy (non-hydrogen) atoms. The van der Waals surface area contributed by atoms with Gasteiger partial charge in [-0.2, -0.15) is 0 Å². The molecule has 0 radical (unpaired) electrons. The van der Waals surface area contributed by atoms with Gasteiger partial charge in [0.25, 0.3) is 5.91 Å². The molecule has 1 heterocycles. The van der Waals surface area contributed by atoms with E-state index in [1.54, 1.807) is 30.0 Å². The largest absolute Gasteiger partial charge is 0.368 e. The van der Waals surface area contributed by atoms with Crippen LogP contribution < -0.4 is 4.90 Å². The molecule has 1 fully saturated rings. The molecule has 1 saturated heterocycles. The van der Waals surface area contributed by atoms with Gasteiger partial charge in [-0.25, -0.2) is 4.39 Å². The maximum atomic E-state index is 13.0. The van der Waals surface area contributed by atoms with E-state index in [0.717, 1.165) is 23.7 Å². The minimum atomic E-state index is -0.240. The number of amides is 1. The molecule has 2 aromatic rings. The molecule has 3 nitrogen and oxygen atoms in total. The Morgan fingerprint density at radius 2 is 1.75 bits per heavy atom. The van der Waals surface area contributed by atoms with Crippen LogP contribution in [0.1, 0.15) is 10.4 Å². The molecule has 0 aromatic heterocycles. The summed E-state index contributed by atoms with van der Waals surface area (Å²) >= 11 is 7.79. The van der Waals surface area contributed by atoms with E-state index < -0.39 is 0 Å². The summed E-state index contributed by atoms with van der Waals surface area (Å²) in [6, 6.07) is 12.0. The fourth-order valence-electron chi connectivity index (χ4n) is 2.79. The highest BCUT2D eigenvalue weighted by Gasteiger charge is 2.24. The van der Waals surface area contributed by atoms with Crippen LogP contribution >= 0.6 is 23.4 Å². The molecule has 1 amide bonds. The van der Waals surface area contributed by atoms with Crippen molar-refractivity contribution in [1.29, 1.82) is 0 Å². The molecule has 6 heteroatoms. The minimum Gasteiger partial charge on any atom is -0.368 e. The van der Waals surface area contributed by atoms with Gasteiger partial charge in [0, 0.05) is 36.8 Å². The number of rotatable bonds is 3. The number of halogens is 2. The Labute approximate surface area is 150 Å². The van der Waals surface area contributed by atoms with Crippen molar-refractivity contribution in [2.45, 2.75) is 4.90 Å². The lowest BCUT2D eigenvalue weighted by Gasteiger charge is -2.36. The summed E-state index contributed by atoms with van der Waals surface area (Å²) in [7, 11) is 0. The minimum absolute atomic E-state index is 0.0327. The molecule has 2 aromatic carbocycles. The van der Waals surface area contributed by atoms with E-state index in [1.807, 2.05) is 23.3 Å². The zero-order valence-electron chi connectivity index (χ0n) is 13.3. The van der Waals surface area contributed by atoms with Crippen LogP contribution in [0.3, 0.4) is 0 Å². The van der Waals surface area contributed by atoms with Crippen LogP contribution in [-0.2, 0) is 0 Å². The number of thioether (sulfide) groups is 1. The molecule has 0 bridgehead atoms. The Balaban J connectivity index is 1.68. The zero-order chi connectivity index (χ0) is 17.1. The molecule has 0 spiro atoms. The maximum Gasteiger partial charge on any atom is 0.255 e. The molecule has 0 unspecified atom stereocenters. The van der Waals surface area contributed by atoms with Crippen molar-refractivity contribution in [3.05, 3.63) is 58.9 Å². The maximum absolute atomic E-state index is 13.0. The molecular formula is C18H18ClFN2OS. The predicted octanol–water partition coefficient (Wildman–Crippen LogP) is 4.16. The molecule has 3 rings (SSSR count). The van der Waals surface area contributed by atoms with Gasteiger partial charge in [0.05, 0.1) is 10.6 Å². The van der Waals surface area contributed by atoms with Crippen molar-refractivity contribution in [2.24, 2.45) is 0 Å². The van der Waals surface area contributed by atoms with Crippen molar-refractivity contribution in [1.82, 2.24) is 4.90 Å². The first kappa shape index (κ1) is 17.1. The van der Waals surface area contributed by atoms with E-state index in [0.29, 0.717) is 23.7 Å². The van der Waals surface area contributed by atoms with Crippen LogP contribution in [0.2, 0.25) is 5.02 Å². The third-order valence-corrected chi connectivity index (χ3v) is 5.22. The van der Waals surface area contributed by atoms with Crippen molar-refractivity contribution in [3.63, 3.8) is 0 Å². The number of hydrogen-bond donors (Lipinski definition) is 0. The molecule has 0 saturated carbocycles.